The van der Waals surface area contributed by atoms with E-state index < -0.39 is 16.6 Å². The Balaban J connectivity index is 2.20. The topological polar surface area (TPSA) is 35.5 Å². The van der Waals surface area contributed by atoms with Crippen molar-refractivity contribution in [2.24, 2.45) is 0 Å². The summed E-state index contributed by atoms with van der Waals surface area (Å²) in [5.74, 6) is 0.771. The average molecular weight is 359 g/mol. The van der Waals surface area contributed by atoms with E-state index in [9.17, 15) is 4.79 Å². The fourth-order valence-corrected chi connectivity index (χ4v) is 10.3. The molecule has 5 heteroatoms. The van der Waals surface area contributed by atoms with Gasteiger partial charge in [0.25, 0.3) is 0 Å². The van der Waals surface area contributed by atoms with Gasteiger partial charge >= 0.3 is 0 Å². The van der Waals surface area contributed by atoms with Crippen molar-refractivity contribution in [1.29, 1.82) is 0 Å². The number of ketones is 1. The second-order valence-corrected chi connectivity index (χ2v) is 16.0. The Hall–Kier alpha value is -1.70. The van der Waals surface area contributed by atoms with Crippen LogP contribution in [-0.4, -0.2) is 29.5 Å². The fraction of sp³-hybridized carbons (Fsp3) is 0.316. The van der Waals surface area contributed by atoms with E-state index in [0.717, 1.165) is 5.75 Å². The van der Waals surface area contributed by atoms with E-state index in [1.165, 1.54) is 5.19 Å². The zero-order valence-electron chi connectivity index (χ0n) is 15.3. The number of methoxy groups -OCH3 is 1. The lowest BCUT2D eigenvalue weighted by Gasteiger charge is -2.31. The van der Waals surface area contributed by atoms with Crippen LogP contribution in [0.4, 0.5) is 0 Å². The monoisotopic (exact) mass is 358 g/mol. The van der Waals surface area contributed by atoms with Crippen molar-refractivity contribution in [1.82, 2.24) is 0 Å². The Morgan fingerprint density at radius 3 is 1.67 bits per heavy atom. The van der Waals surface area contributed by atoms with Gasteiger partial charge in [0.05, 0.1) is 7.11 Å². The molecule has 0 spiro atoms. The highest BCUT2D eigenvalue weighted by Gasteiger charge is 2.31. The molecule has 0 saturated carbocycles. The van der Waals surface area contributed by atoms with Gasteiger partial charge in [-0.25, -0.2) is 0 Å². The van der Waals surface area contributed by atoms with Gasteiger partial charge in [-0.1, -0.05) is 24.3 Å². The molecule has 2 aromatic rings. The minimum absolute atomic E-state index is 0.0230. The zero-order chi connectivity index (χ0) is 18.0. The number of carbonyl (C=O) groups is 1. The number of benzene rings is 2. The molecule has 0 fully saturated rings. The Morgan fingerprint density at radius 2 is 1.25 bits per heavy atom. The summed E-state index contributed by atoms with van der Waals surface area (Å²) >= 11 is 0. The van der Waals surface area contributed by atoms with Gasteiger partial charge in [0.1, 0.15) is 5.75 Å². The summed E-state index contributed by atoms with van der Waals surface area (Å²) < 4.78 is 11.5. The second-order valence-electron chi connectivity index (χ2n) is 7.36. The Morgan fingerprint density at radius 1 is 0.792 bits per heavy atom. The molecule has 3 nitrogen and oxygen atoms in total. The van der Waals surface area contributed by atoms with Crippen molar-refractivity contribution in [2.45, 2.75) is 32.7 Å². The first-order valence-electron chi connectivity index (χ1n) is 8.12. The first kappa shape index (κ1) is 18.6. The second kappa shape index (κ2) is 7.05. The van der Waals surface area contributed by atoms with E-state index in [2.05, 4.69) is 32.7 Å². The minimum Gasteiger partial charge on any atom is -0.497 e. The first-order chi connectivity index (χ1) is 11.1. The first-order valence-corrected chi connectivity index (χ1v) is 14.4. The van der Waals surface area contributed by atoms with Crippen LogP contribution in [0.15, 0.2) is 48.5 Å². The van der Waals surface area contributed by atoms with Crippen molar-refractivity contribution in [3.8, 4) is 5.75 Å². The van der Waals surface area contributed by atoms with Gasteiger partial charge in [-0.3, -0.25) is 4.79 Å². The lowest BCUT2D eigenvalue weighted by molar-refractivity contribution is 0.103. The highest BCUT2D eigenvalue weighted by molar-refractivity contribution is 6.92. The maximum absolute atomic E-state index is 12.6. The quantitative estimate of drug-likeness (QED) is 0.574. The maximum atomic E-state index is 12.6. The molecular formula is C19H26O3Si2. The zero-order valence-corrected chi connectivity index (χ0v) is 17.3. The van der Waals surface area contributed by atoms with Gasteiger partial charge in [0.2, 0.25) is 8.32 Å². The third kappa shape index (κ3) is 4.66. The molecule has 0 aromatic heterocycles. The summed E-state index contributed by atoms with van der Waals surface area (Å²) in [6.07, 6.45) is 0. The molecule has 2 rings (SSSR count). The summed E-state index contributed by atoms with van der Waals surface area (Å²) in [4.78, 5) is 12.6. The van der Waals surface area contributed by atoms with Gasteiger partial charge in [-0.05, 0) is 62.2 Å². The van der Waals surface area contributed by atoms with Crippen LogP contribution in [0.1, 0.15) is 15.9 Å². The van der Waals surface area contributed by atoms with Crippen LogP contribution in [-0.2, 0) is 4.12 Å². The van der Waals surface area contributed by atoms with Gasteiger partial charge in [0, 0.05) is 11.1 Å². The van der Waals surface area contributed by atoms with Crippen molar-refractivity contribution < 1.29 is 13.6 Å². The molecule has 24 heavy (non-hydrogen) atoms. The summed E-state index contributed by atoms with van der Waals surface area (Å²) in [7, 11) is -1.91. The lowest BCUT2D eigenvalue weighted by atomic mass is 10.0. The third-order valence-electron chi connectivity index (χ3n) is 3.76. The van der Waals surface area contributed by atoms with Crippen molar-refractivity contribution in [3.05, 3.63) is 59.7 Å². The van der Waals surface area contributed by atoms with E-state index in [1.807, 2.05) is 24.3 Å². The van der Waals surface area contributed by atoms with Crippen LogP contribution < -0.4 is 9.92 Å². The molecule has 0 N–H and O–H groups in total. The molecule has 2 aromatic carbocycles. The normalized spacial score (nSPS) is 12.1. The molecule has 0 saturated heterocycles. The van der Waals surface area contributed by atoms with Crippen LogP contribution >= 0.6 is 0 Å². The Labute approximate surface area is 146 Å². The standard InChI is InChI=1S/C19H26O3Si2/c1-21-17-11-7-15(8-12-17)19(20)16-9-13-18(14-10-16)24(5,6)22-23(2,3)4/h7-14H,1-6H3. The molecule has 0 aliphatic rings. The van der Waals surface area contributed by atoms with E-state index in [0.29, 0.717) is 11.1 Å². The fourth-order valence-electron chi connectivity index (χ4n) is 2.76. The van der Waals surface area contributed by atoms with Crippen molar-refractivity contribution in [3.63, 3.8) is 0 Å². The van der Waals surface area contributed by atoms with Gasteiger partial charge < -0.3 is 8.85 Å². The van der Waals surface area contributed by atoms with E-state index in [1.54, 1.807) is 31.4 Å². The molecule has 0 bridgehead atoms. The average Bonchev–Trinajstić information content (AvgIpc) is 2.52. The summed E-state index contributed by atoms with van der Waals surface area (Å²) in [5.41, 5.74) is 1.36. The largest absolute Gasteiger partial charge is 0.497 e. The van der Waals surface area contributed by atoms with Crippen molar-refractivity contribution in [2.75, 3.05) is 7.11 Å². The number of rotatable bonds is 6. The summed E-state index contributed by atoms with van der Waals surface area (Å²) in [6.45, 7) is 11.1. The molecular weight excluding hydrogens is 332 g/mol. The van der Waals surface area contributed by atoms with Crippen LogP contribution in [0, 0.1) is 0 Å². The van der Waals surface area contributed by atoms with Gasteiger partial charge in [-0.2, -0.15) is 0 Å². The summed E-state index contributed by atoms with van der Waals surface area (Å²) in [6, 6.07) is 15.1. The van der Waals surface area contributed by atoms with Gasteiger partial charge in [-0.15, -0.1) is 0 Å². The number of carbonyl (C=O) groups excluding carboxylic acids is 1. The predicted octanol–water partition coefficient (Wildman–Crippen LogP) is 4.19. The van der Waals surface area contributed by atoms with Crippen LogP contribution in [0.25, 0.3) is 0 Å². The Bertz CT molecular complexity index is 699. The molecule has 0 aliphatic heterocycles. The lowest BCUT2D eigenvalue weighted by Crippen LogP contribution is -2.51. The van der Waals surface area contributed by atoms with Crippen LogP contribution in [0.5, 0.6) is 5.75 Å². The summed E-state index contributed by atoms with van der Waals surface area (Å²) in [5, 5.41) is 1.22. The molecule has 0 heterocycles. The number of hydrogen-bond donors (Lipinski definition) is 0. The van der Waals surface area contributed by atoms with E-state index >= 15 is 0 Å². The molecule has 0 unspecified atom stereocenters. The molecule has 0 atom stereocenters. The Kier molecular flexibility index (Phi) is 5.47. The van der Waals surface area contributed by atoms with Crippen molar-refractivity contribution >= 4 is 27.6 Å². The van der Waals surface area contributed by atoms with E-state index in [-0.39, 0.29) is 5.78 Å². The number of hydrogen-bond acceptors (Lipinski definition) is 3. The van der Waals surface area contributed by atoms with Gasteiger partial charge in [0.15, 0.2) is 14.1 Å². The SMILES string of the molecule is COc1ccc(C(=O)c2ccc([Si](C)(C)O[Si](C)(C)C)cc2)cc1. The molecule has 0 amide bonds. The molecule has 0 radical (unpaired) electrons. The number of ether oxygens (including phenoxy) is 1. The predicted molar refractivity (Wildman–Crippen MR) is 104 cm³/mol. The molecule has 0 aliphatic carbocycles. The maximum Gasteiger partial charge on any atom is 0.205 e. The highest BCUT2D eigenvalue weighted by Crippen LogP contribution is 2.17. The smallest absolute Gasteiger partial charge is 0.205 e. The molecule has 128 valence electrons. The van der Waals surface area contributed by atoms with E-state index in [4.69, 9.17) is 8.85 Å². The van der Waals surface area contributed by atoms with Crippen LogP contribution in [0.2, 0.25) is 32.7 Å². The van der Waals surface area contributed by atoms with Crippen LogP contribution in [0.3, 0.4) is 0 Å². The minimum atomic E-state index is -1.93. The highest BCUT2D eigenvalue weighted by atomic mass is 28.4. The third-order valence-corrected chi connectivity index (χ3v) is 9.97.